The van der Waals surface area contributed by atoms with Crippen LogP contribution in [0.2, 0.25) is 0 Å². The summed E-state index contributed by atoms with van der Waals surface area (Å²) < 4.78 is 2.70. The van der Waals surface area contributed by atoms with E-state index in [0.717, 1.165) is 0 Å². The van der Waals surface area contributed by atoms with Crippen LogP contribution in [0.1, 0.15) is 5.56 Å². The molecule has 0 aliphatic heterocycles. The normalized spacial score (nSPS) is 9.88. The first-order chi connectivity index (χ1) is 7.88. The predicted octanol–water partition coefficient (Wildman–Crippen LogP) is 3.77. The van der Waals surface area contributed by atoms with Gasteiger partial charge in [-0.1, -0.05) is 71.8 Å². The van der Waals surface area contributed by atoms with Gasteiger partial charge in [-0.25, -0.2) is 4.79 Å². The lowest BCUT2D eigenvalue weighted by Gasteiger charge is -2.09. The molecule has 17 heavy (non-hydrogen) atoms. The van der Waals surface area contributed by atoms with Gasteiger partial charge in [-0.05, 0) is 6.92 Å². The third-order valence-corrected chi connectivity index (χ3v) is 2.01. The maximum absolute atomic E-state index is 10.6. The first kappa shape index (κ1) is 16.4. The summed E-state index contributed by atoms with van der Waals surface area (Å²) in [6, 6.07) is 10.3. The van der Waals surface area contributed by atoms with Crippen LogP contribution in [0, 0.1) is 6.92 Å². The molecule has 1 aromatic rings. The van der Waals surface area contributed by atoms with E-state index in [-0.39, 0.29) is 6.61 Å². The monoisotopic (exact) mass is 292 g/mol. The standard InChI is InChI=1S/C7H8.C5H6Cl2O2S/c1-7-5-3-2-4-6-7;1-2-3-9-4(8)5(6,7)10/h2-6H,1H3;2,10H,1,3H2. The number of alkyl halides is 2. The zero-order valence-corrected chi connectivity index (χ0v) is 11.8. The molecule has 0 bridgehead atoms. The zero-order valence-electron chi connectivity index (χ0n) is 9.40. The van der Waals surface area contributed by atoms with Gasteiger partial charge in [0.15, 0.2) is 0 Å². The highest BCUT2D eigenvalue weighted by Gasteiger charge is 2.30. The Bertz CT molecular complexity index is 347. The summed E-state index contributed by atoms with van der Waals surface area (Å²) in [6.45, 7) is 5.49. The quantitative estimate of drug-likeness (QED) is 0.397. The van der Waals surface area contributed by atoms with E-state index >= 15 is 0 Å². The van der Waals surface area contributed by atoms with E-state index < -0.39 is 9.63 Å². The lowest BCUT2D eigenvalue weighted by atomic mass is 10.2. The second kappa shape index (κ2) is 8.45. The Morgan fingerprint density at radius 3 is 2.29 bits per heavy atom. The maximum Gasteiger partial charge on any atom is 0.353 e. The van der Waals surface area contributed by atoms with Crippen LogP contribution in [-0.2, 0) is 9.53 Å². The van der Waals surface area contributed by atoms with Gasteiger partial charge in [-0.15, -0.1) is 12.6 Å². The Kier molecular flexibility index (Phi) is 8.13. The molecule has 0 unspecified atom stereocenters. The first-order valence-electron chi connectivity index (χ1n) is 4.78. The third-order valence-electron chi connectivity index (χ3n) is 1.52. The second-order valence-electron chi connectivity index (χ2n) is 3.08. The van der Waals surface area contributed by atoms with Crippen molar-refractivity contribution in [1.82, 2.24) is 0 Å². The summed E-state index contributed by atoms with van der Waals surface area (Å²) in [4.78, 5) is 10.6. The van der Waals surface area contributed by atoms with Gasteiger partial charge < -0.3 is 4.74 Å². The van der Waals surface area contributed by atoms with Gasteiger partial charge in [0.2, 0.25) is 0 Å². The SMILES string of the molecule is C=CCOC(=O)C(S)(Cl)Cl.Cc1ccccc1. The largest absolute Gasteiger partial charge is 0.459 e. The molecule has 0 N–H and O–H groups in total. The van der Waals surface area contributed by atoms with Gasteiger partial charge in [0.1, 0.15) is 6.61 Å². The lowest BCUT2D eigenvalue weighted by molar-refractivity contribution is -0.141. The number of hydrogen-bond donors (Lipinski definition) is 1. The fourth-order valence-corrected chi connectivity index (χ4v) is 0.929. The number of halogens is 2. The number of ether oxygens (including phenoxy) is 1. The highest BCUT2D eigenvalue weighted by Crippen LogP contribution is 2.26. The fraction of sp³-hybridized carbons (Fsp3) is 0.250. The number of hydrogen-bond acceptors (Lipinski definition) is 3. The number of benzene rings is 1. The van der Waals surface area contributed by atoms with E-state index in [2.05, 4.69) is 43.0 Å². The van der Waals surface area contributed by atoms with Crippen molar-refractivity contribution in [3.63, 3.8) is 0 Å². The van der Waals surface area contributed by atoms with E-state index in [1.165, 1.54) is 11.6 Å². The maximum atomic E-state index is 10.6. The van der Waals surface area contributed by atoms with Crippen LogP contribution >= 0.6 is 35.8 Å². The molecule has 5 heteroatoms. The number of rotatable bonds is 3. The molecule has 0 aromatic heterocycles. The summed E-state index contributed by atoms with van der Waals surface area (Å²) in [6.07, 6.45) is 1.41. The van der Waals surface area contributed by atoms with Crippen molar-refractivity contribution >= 4 is 41.8 Å². The van der Waals surface area contributed by atoms with E-state index in [9.17, 15) is 4.79 Å². The summed E-state index contributed by atoms with van der Waals surface area (Å²) in [7, 11) is 0. The van der Waals surface area contributed by atoms with Crippen LogP contribution in [0.15, 0.2) is 43.0 Å². The van der Waals surface area contributed by atoms with Crippen molar-refractivity contribution < 1.29 is 9.53 Å². The molecule has 0 radical (unpaired) electrons. The average molecular weight is 293 g/mol. The Morgan fingerprint density at radius 1 is 1.47 bits per heavy atom. The Morgan fingerprint density at radius 2 is 2.00 bits per heavy atom. The molecular weight excluding hydrogens is 279 g/mol. The third kappa shape index (κ3) is 9.10. The molecule has 0 amide bonds. The van der Waals surface area contributed by atoms with Crippen molar-refractivity contribution in [2.75, 3.05) is 6.61 Å². The van der Waals surface area contributed by atoms with Crippen LogP contribution in [-0.4, -0.2) is 16.2 Å². The minimum Gasteiger partial charge on any atom is -0.459 e. The van der Waals surface area contributed by atoms with E-state index in [0.29, 0.717) is 0 Å². The van der Waals surface area contributed by atoms with Crippen LogP contribution in [0.5, 0.6) is 0 Å². The molecule has 0 aliphatic rings. The summed E-state index contributed by atoms with van der Waals surface area (Å²) in [5, 5.41) is 0. The number of aryl methyl sites for hydroxylation is 1. The lowest BCUT2D eigenvalue weighted by Crippen LogP contribution is -2.21. The van der Waals surface area contributed by atoms with Crippen LogP contribution < -0.4 is 0 Å². The van der Waals surface area contributed by atoms with Crippen molar-refractivity contribution in [3.05, 3.63) is 48.6 Å². The Balaban J connectivity index is 0.000000318. The van der Waals surface area contributed by atoms with Gasteiger partial charge in [0, 0.05) is 0 Å². The Labute approximate surface area is 117 Å². The van der Waals surface area contributed by atoms with Crippen LogP contribution in [0.4, 0.5) is 0 Å². The Hall–Kier alpha value is -0.640. The van der Waals surface area contributed by atoms with Gasteiger partial charge in [-0.2, -0.15) is 0 Å². The van der Waals surface area contributed by atoms with Crippen molar-refractivity contribution in [3.8, 4) is 0 Å². The predicted molar refractivity (Wildman–Crippen MR) is 75.8 cm³/mol. The first-order valence-corrected chi connectivity index (χ1v) is 5.98. The summed E-state index contributed by atoms with van der Waals surface area (Å²) in [5.41, 5.74) is 1.32. The fourth-order valence-electron chi connectivity index (χ4n) is 0.756. The molecule has 0 saturated heterocycles. The minimum atomic E-state index is -1.76. The molecule has 0 saturated carbocycles. The molecule has 0 spiro atoms. The van der Waals surface area contributed by atoms with Gasteiger partial charge in [0.25, 0.3) is 3.67 Å². The smallest absolute Gasteiger partial charge is 0.353 e. The highest BCUT2D eigenvalue weighted by atomic mass is 35.5. The number of esters is 1. The zero-order chi connectivity index (χ0) is 13.3. The average Bonchev–Trinajstić information content (AvgIpc) is 2.26. The second-order valence-corrected chi connectivity index (χ2v) is 5.61. The topological polar surface area (TPSA) is 26.3 Å². The molecule has 0 aliphatic carbocycles. The van der Waals surface area contributed by atoms with E-state index in [1.54, 1.807) is 0 Å². The van der Waals surface area contributed by atoms with Crippen LogP contribution in [0.3, 0.4) is 0 Å². The van der Waals surface area contributed by atoms with Crippen molar-refractivity contribution in [2.45, 2.75) is 10.6 Å². The van der Waals surface area contributed by atoms with Crippen LogP contribution in [0.25, 0.3) is 0 Å². The van der Waals surface area contributed by atoms with Crippen molar-refractivity contribution in [1.29, 1.82) is 0 Å². The van der Waals surface area contributed by atoms with E-state index in [1.807, 2.05) is 18.2 Å². The molecule has 1 rings (SSSR count). The van der Waals surface area contributed by atoms with E-state index in [4.69, 9.17) is 23.2 Å². The summed E-state index contributed by atoms with van der Waals surface area (Å²) >= 11 is 14.0. The minimum absolute atomic E-state index is 0.0839. The van der Waals surface area contributed by atoms with Gasteiger partial charge >= 0.3 is 5.97 Å². The van der Waals surface area contributed by atoms with Gasteiger partial charge in [0.05, 0.1) is 0 Å². The number of carbonyl (C=O) groups excluding carboxylic acids is 1. The molecule has 0 atom stereocenters. The summed E-state index contributed by atoms with van der Waals surface area (Å²) in [5.74, 6) is -0.793. The molecule has 2 nitrogen and oxygen atoms in total. The molecule has 94 valence electrons. The molecular formula is C12H14Cl2O2S. The number of carbonyl (C=O) groups is 1. The highest BCUT2D eigenvalue weighted by molar-refractivity contribution is 7.86. The number of thiol groups is 1. The van der Waals surface area contributed by atoms with Gasteiger partial charge in [-0.3, -0.25) is 0 Å². The molecule has 0 fully saturated rings. The molecule has 0 heterocycles. The van der Waals surface area contributed by atoms with Crippen molar-refractivity contribution in [2.24, 2.45) is 0 Å². The molecule has 1 aromatic carbocycles.